The van der Waals surface area contributed by atoms with Crippen molar-refractivity contribution in [2.75, 3.05) is 6.54 Å². The van der Waals surface area contributed by atoms with E-state index in [9.17, 15) is 18.0 Å². The SMILES string of the molecule is CCC(N)C(=O)NCC(F)(F)F. The zero-order valence-electron chi connectivity index (χ0n) is 6.61. The number of carbonyl (C=O) groups is 1. The fraction of sp³-hybridized carbons (Fsp3) is 0.833. The second kappa shape index (κ2) is 4.30. The fourth-order valence-electron chi connectivity index (χ4n) is 0.504. The molecule has 0 aromatic heterocycles. The topological polar surface area (TPSA) is 55.1 Å². The molecule has 0 aliphatic rings. The lowest BCUT2D eigenvalue weighted by atomic mass is 10.2. The Labute approximate surface area is 68.1 Å². The Morgan fingerprint density at radius 1 is 1.58 bits per heavy atom. The third-order valence-electron chi connectivity index (χ3n) is 1.24. The van der Waals surface area contributed by atoms with E-state index in [1.807, 2.05) is 0 Å². The average Bonchev–Trinajstić information content (AvgIpc) is 1.97. The molecule has 0 heterocycles. The van der Waals surface area contributed by atoms with Gasteiger partial charge in [-0.2, -0.15) is 13.2 Å². The number of alkyl halides is 3. The van der Waals surface area contributed by atoms with Crippen LogP contribution in [0, 0.1) is 0 Å². The third-order valence-corrected chi connectivity index (χ3v) is 1.24. The average molecular weight is 184 g/mol. The Balaban J connectivity index is 3.72. The molecule has 0 saturated heterocycles. The van der Waals surface area contributed by atoms with Crippen molar-refractivity contribution in [1.82, 2.24) is 5.32 Å². The van der Waals surface area contributed by atoms with Crippen molar-refractivity contribution in [3.63, 3.8) is 0 Å². The minimum Gasteiger partial charge on any atom is -0.346 e. The van der Waals surface area contributed by atoms with Crippen molar-refractivity contribution < 1.29 is 18.0 Å². The molecular weight excluding hydrogens is 173 g/mol. The molecule has 0 bridgehead atoms. The quantitative estimate of drug-likeness (QED) is 0.667. The summed E-state index contributed by atoms with van der Waals surface area (Å²) >= 11 is 0. The molecule has 12 heavy (non-hydrogen) atoms. The van der Waals surface area contributed by atoms with Gasteiger partial charge in [0.25, 0.3) is 0 Å². The van der Waals surface area contributed by atoms with Crippen molar-refractivity contribution in [2.24, 2.45) is 5.73 Å². The highest BCUT2D eigenvalue weighted by atomic mass is 19.4. The molecule has 0 rings (SSSR count). The van der Waals surface area contributed by atoms with E-state index in [0.717, 1.165) is 0 Å². The number of halogens is 3. The van der Waals surface area contributed by atoms with Crippen LogP contribution >= 0.6 is 0 Å². The lowest BCUT2D eigenvalue weighted by molar-refractivity contribution is -0.139. The second-order valence-corrected chi connectivity index (χ2v) is 2.35. The highest BCUT2D eigenvalue weighted by Crippen LogP contribution is 2.12. The first-order valence-electron chi connectivity index (χ1n) is 3.47. The molecule has 3 nitrogen and oxygen atoms in total. The molecule has 0 aliphatic carbocycles. The van der Waals surface area contributed by atoms with Gasteiger partial charge in [0.15, 0.2) is 0 Å². The van der Waals surface area contributed by atoms with Crippen LogP contribution in [0.4, 0.5) is 13.2 Å². The summed E-state index contributed by atoms with van der Waals surface area (Å²) in [5.41, 5.74) is 5.17. The van der Waals surface area contributed by atoms with Crippen LogP contribution in [0.5, 0.6) is 0 Å². The molecule has 0 radical (unpaired) electrons. The highest BCUT2D eigenvalue weighted by molar-refractivity contribution is 5.81. The number of carbonyl (C=O) groups excluding carboxylic acids is 1. The van der Waals surface area contributed by atoms with Crippen LogP contribution in [-0.4, -0.2) is 24.7 Å². The molecule has 1 amide bonds. The van der Waals surface area contributed by atoms with E-state index in [1.165, 1.54) is 0 Å². The number of amides is 1. The first-order chi connectivity index (χ1) is 5.37. The van der Waals surface area contributed by atoms with Crippen LogP contribution in [0.25, 0.3) is 0 Å². The summed E-state index contributed by atoms with van der Waals surface area (Å²) in [6.45, 7) is 0.303. The van der Waals surface area contributed by atoms with Crippen molar-refractivity contribution >= 4 is 5.91 Å². The smallest absolute Gasteiger partial charge is 0.346 e. The monoisotopic (exact) mass is 184 g/mol. The van der Waals surface area contributed by atoms with E-state index in [1.54, 1.807) is 12.2 Å². The van der Waals surface area contributed by atoms with Crippen LogP contribution in [-0.2, 0) is 4.79 Å². The van der Waals surface area contributed by atoms with Gasteiger partial charge in [0.1, 0.15) is 6.54 Å². The van der Waals surface area contributed by atoms with Gasteiger partial charge < -0.3 is 11.1 Å². The van der Waals surface area contributed by atoms with Gasteiger partial charge in [0, 0.05) is 0 Å². The number of nitrogens with two attached hydrogens (primary N) is 1. The molecule has 0 aromatic rings. The van der Waals surface area contributed by atoms with E-state index >= 15 is 0 Å². The van der Waals surface area contributed by atoms with E-state index in [2.05, 4.69) is 0 Å². The molecule has 1 unspecified atom stereocenters. The van der Waals surface area contributed by atoms with Crippen LogP contribution < -0.4 is 11.1 Å². The number of hydrogen-bond donors (Lipinski definition) is 2. The van der Waals surface area contributed by atoms with Crippen molar-refractivity contribution in [3.8, 4) is 0 Å². The van der Waals surface area contributed by atoms with Crippen molar-refractivity contribution in [3.05, 3.63) is 0 Å². The number of nitrogens with one attached hydrogen (secondary N) is 1. The molecule has 3 N–H and O–H groups in total. The van der Waals surface area contributed by atoms with Crippen LogP contribution in [0.3, 0.4) is 0 Å². The van der Waals surface area contributed by atoms with Crippen molar-refractivity contribution in [2.45, 2.75) is 25.6 Å². The van der Waals surface area contributed by atoms with Crippen LogP contribution in [0.2, 0.25) is 0 Å². The lowest BCUT2D eigenvalue weighted by Crippen LogP contribution is -2.43. The van der Waals surface area contributed by atoms with Gasteiger partial charge in [0.05, 0.1) is 6.04 Å². The maximum Gasteiger partial charge on any atom is 0.405 e. The van der Waals surface area contributed by atoms with E-state index in [0.29, 0.717) is 6.42 Å². The molecule has 0 spiro atoms. The van der Waals surface area contributed by atoms with Gasteiger partial charge >= 0.3 is 6.18 Å². The van der Waals surface area contributed by atoms with Gasteiger partial charge in [0.2, 0.25) is 5.91 Å². The summed E-state index contributed by atoms with van der Waals surface area (Å²) in [7, 11) is 0. The zero-order chi connectivity index (χ0) is 9.78. The molecule has 0 fully saturated rings. The Morgan fingerprint density at radius 2 is 2.08 bits per heavy atom. The van der Waals surface area contributed by atoms with E-state index in [-0.39, 0.29) is 0 Å². The molecule has 72 valence electrons. The minimum absolute atomic E-state index is 0.323. The Bertz CT molecular complexity index is 157. The van der Waals surface area contributed by atoms with Crippen LogP contribution in [0.1, 0.15) is 13.3 Å². The van der Waals surface area contributed by atoms with Gasteiger partial charge in [-0.05, 0) is 6.42 Å². The third kappa shape index (κ3) is 4.95. The molecule has 1 atom stereocenters. The zero-order valence-corrected chi connectivity index (χ0v) is 6.61. The number of rotatable bonds is 3. The highest BCUT2D eigenvalue weighted by Gasteiger charge is 2.28. The Morgan fingerprint density at radius 3 is 2.42 bits per heavy atom. The molecule has 6 heteroatoms. The van der Waals surface area contributed by atoms with Gasteiger partial charge in [-0.3, -0.25) is 4.79 Å². The molecule has 0 saturated carbocycles. The second-order valence-electron chi connectivity index (χ2n) is 2.35. The summed E-state index contributed by atoms with van der Waals surface area (Å²) in [6.07, 6.45) is -4.05. The Kier molecular flexibility index (Phi) is 4.02. The summed E-state index contributed by atoms with van der Waals surface area (Å²) < 4.78 is 34.6. The fourth-order valence-corrected chi connectivity index (χ4v) is 0.504. The first kappa shape index (κ1) is 11.2. The predicted molar refractivity (Wildman–Crippen MR) is 37.3 cm³/mol. The van der Waals surface area contributed by atoms with Gasteiger partial charge in [-0.1, -0.05) is 6.92 Å². The normalized spacial score (nSPS) is 14.1. The summed E-state index contributed by atoms with van der Waals surface area (Å²) in [5.74, 6) is -0.769. The maximum atomic E-state index is 11.5. The Hall–Kier alpha value is -0.780. The minimum atomic E-state index is -4.37. The van der Waals surface area contributed by atoms with Gasteiger partial charge in [-0.25, -0.2) is 0 Å². The van der Waals surface area contributed by atoms with E-state index in [4.69, 9.17) is 5.73 Å². The summed E-state index contributed by atoms with van der Waals surface area (Å²) in [4.78, 5) is 10.7. The lowest BCUT2D eigenvalue weighted by Gasteiger charge is -2.11. The maximum absolute atomic E-state index is 11.5. The molecular formula is C6H11F3N2O. The predicted octanol–water partition coefficient (Wildman–Crippen LogP) is 0.402. The van der Waals surface area contributed by atoms with E-state index < -0.39 is 24.7 Å². The summed E-state index contributed by atoms with van der Waals surface area (Å²) in [6, 6.07) is -0.854. The number of hydrogen-bond acceptors (Lipinski definition) is 2. The largest absolute Gasteiger partial charge is 0.405 e. The molecule has 0 aromatic carbocycles. The van der Waals surface area contributed by atoms with Crippen LogP contribution in [0.15, 0.2) is 0 Å². The summed E-state index contributed by atoms with van der Waals surface area (Å²) in [5, 5.41) is 1.68. The standard InChI is InChI=1S/C6H11F3N2O/c1-2-4(10)5(12)11-3-6(7,8)9/h4H,2-3,10H2,1H3,(H,11,12). The molecule has 0 aliphatic heterocycles. The van der Waals surface area contributed by atoms with Crippen molar-refractivity contribution in [1.29, 1.82) is 0 Å². The van der Waals surface area contributed by atoms with Gasteiger partial charge in [-0.15, -0.1) is 0 Å². The first-order valence-corrected chi connectivity index (χ1v) is 3.47.